The van der Waals surface area contributed by atoms with Gasteiger partial charge in [-0.2, -0.15) is 0 Å². The first kappa shape index (κ1) is 14.0. The number of hydrogen-bond donors (Lipinski definition) is 0. The van der Waals surface area contributed by atoms with Gasteiger partial charge < -0.3 is 0 Å². The van der Waals surface area contributed by atoms with Crippen LogP contribution in [0.25, 0.3) is 0 Å². The molecular formula is C13H29N. The predicted molar refractivity (Wildman–Crippen MR) is 65.6 cm³/mol. The number of hydrogen-bond acceptors (Lipinski definition) is 1. The van der Waals surface area contributed by atoms with Crippen LogP contribution in [0.3, 0.4) is 0 Å². The van der Waals surface area contributed by atoms with Crippen molar-refractivity contribution in [1.29, 1.82) is 0 Å². The lowest BCUT2D eigenvalue weighted by Crippen LogP contribution is -2.50. The minimum Gasteiger partial charge on any atom is -0.298 e. The first-order valence-corrected chi connectivity index (χ1v) is 5.86. The summed E-state index contributed by atoms with van der Waals surface area (Å²) in [5.41, 5.74) is 0.699. The Morgan fingerprint density at radius 3 is 1.64 bits per heavy atom. The Balaban J connectivity index is 4.56. The molecule has 0 aromatic carbocycles. The first-order valence-electron chi connectivity index (χ1n) is 5.86. The van der Waals surface area contributed by atoms with E-state index in [1.165, 1.54) is 6.54 Å². The molecule has 86 valence electrons. The molecule has 0 aliphatic carbocycles. The summed E-state index contributed by atoms with van der Waals surface area (Å²) < 4.78 is 0. The number of rotatable bonds is 4. The fraction of sp³-hybridized carbons (Fsp3) is 1.00. The largest absolute Gasteiger partial charge is 0.298 e. The van der Waals surface area contributed by atoms with E-state index in [0.29, 0.717) is 16.9 Å². The fourth-order valence-electron chi connectivity index (χ4n) is 1.66. The highest BCUT2D eigenvalue weighted by molar-refractivity contribution is 4.86. The van der Waals surface area contributed by atoms with Gasteiger partial charge in [0.15, 0.2) is 0 Å². The maximum Gasteiger partial charge on any atom is 0.0176 e. The molecule has 0 saturated heterocycles. The zero-order chi connectivity index (χ0) is 11.6. The second-order valence-corrected chi connectivity index (χ2v) is 6.38. The van der Waals surface area contributed by atoms with Crippen molar-refractivity contribution < 1.29 is 0 Å². The molecule has 0 aliphatic heterocycles. The molecule has 0 heterocycles. The highest BCUT2D eigenvalue weighted by Crippen LogP contribution is 2.27. The van der Waals surface area contributed by atoms with Gasteiger partial charge in [-0.1, -0.05) is 41.5 Å². The summed E-state index contributed by atoms with van der Waals surface area (Å²) in [5.74, 6) is 0.699. The van der Waals surface area contributed by atoms with Crippen molar-refractivity contribution in [2.24, 2.45) is 11.3 Å². The van der Waals surface area contributed by atoms with Crippen molar-refractivity contribution in [3.63, 3.8) is 0 Å². The summed E-state index contributed by atoms with van der Waals surface area (Å²) >= 11 is 0. The van der Waals surface area contributed by atoms with E-state index >= 15 is 0 Å². The van der Waals surface area contributed by atoms with Gasteiger partial charge in [-0.3, -0.25) is 4.90 Å². The number of nitrogens with zero attached hydrogens (tertiary/aromatic N) is 1. The molecule has 0 bridgehead atoms. The predicted octanol–water partition coefficient (Wildman–Crippen LogP) is 3.79. The smallest absolute Gasteiger partial charge is 0.0176 e. The van der Waals surface area contributed by atoms with E-state index in [2.05, 4.69) is 60.3 Å². The van der Waals surface area contributed by atoms with Crippen LogP contribution in [0, 0.1) is 11.3 Å². The molecule has 0 N–H and O–H groups in total. The standard InChI is InChI=1S/C13H29N/c1-9-14(10-12(4,5)6)13(7,8)11(2)3/h11H,9-10H2,1-8H3. The molecule has 0 amide bonds. The van der Waals surface area contributed by atoms with Crippen molar-refractivity contribution in [3.05, 3.63) is 0 Å². The summed E-state index contributed by atoms with van der Waals surface area (Å²) in [6, 6.07) is 0. The molecule has 0 atom stereocenters. The summed E-state index contributed by atoms with van der Waals surface area (Å²) in [7, 11) is 0. The molecule has 0 saturated carbocycles. The average molecular weight is 199 g/mol. The normalized spacial score (nSPS) is 14.1. The molecule has 0 fully saturated rings. The van der Waals surface area contributed by atoms with Gasteiger partial charge in [0.25, 0.3) is 0 Å². The van der Waals surface area contributed by atoms with Gasteiger partial charge in [0.2, 0.25) is 0 Å². The van der Waals surface area contributed by atoms with Crippen molar-refractivity contribution in [3.8, 4) is 0 Å². The second kappa shape index (κ2) is 4.65. The highest BCUT2D eigenvalue weighted by atomic mass is 15.2. The van der Waals surface area contributed by atoms with Crippen LogP contribution in [0.1, 0.15) is 55.4 Å². The third-order valence-corrected chi connectivity index (χ3v) is 3.27. The molecule has 0 rings (SSSR count). The topological polar surface area (TPSA) is 3.24 Å². The Labute approximate surface area is 90.9 Å². The Morgan fingerprint density at radius 1 is 1.00 bits per heavy atom. The van der Waals surface area contributed by atoms with Crippen LogP contribution in [-0.4, -0.2) is 23.5 Å². The molecule has 0 unspecified atom stereocenters. The van der Waals surface area contributed by atoms with Gasteiger partial charge in [0.1, 0.15) is 0 Å². The molecule has 1 nitrogen and oxygen atoms in total. The summed E-state index contributed by atoms with van der Waals surface area (Å²) in [6.07, 6.45) is 0. The zero-order valence-corrected chi connectivity index (χ0v) is 11.4. The van der Waals surface area contributed by atoms with Crippen LogP contribution in [0.4, 0.5) is 0 Å². The minimum atomic E-state index is 0.308. The molecule has 0 aromatic rings. The molecular weight excluding hydrogens is 170 g/mol. The molecule has 0 aliphatic rings. The lowest BCUT2D eigenvalue weighted by molar-refractivity contribution is 0.0499. The van der Waals surface area contributed by atoms with Gasteiger partial charge in [0, 0.05) is 12.1 Å². The van der Waals surface area contributed by atoms with E-state index in [4.69, 9.17) is 0 Å². The lowest BCUT2D eigenvalue weighted by Gasteiger charge is -2.44. The molecule has 14 heavy (non-hydrogen) atoms. The monoisotopic (exact) mass is 199 g/mol. The van der Waals surface area contributed by atoms with Crippen LogP contribution < -0.4 is 0 Å². The maximum absolute atomic E-state index is 2.59. The highest BCUT2D eigenvalue weighted by Gasteiger charge is 2.31. The molecule has 0 aromatic heterocycles. The summed E-state index contributed by atoms with van der Waals surface area (Å²) in [4.78, 5) is 2.59. The zero-order valence-electron chi connectivity index (χ0n) is 11.4. The van der Waals surface area contributed by atoms with Crippen molar-refractivity contribution in [1.82, 2.24) is 4.90 Å². The lowest BCUT2D eigenvalue weighted by atomic mass is 9.85. The summed E-state index contributed by atoms with van der Waals surface area (Å²) in [5, 5.41) is 0. The molecule has 0 spiro atoms. The Hall–Kier alpha value is -0.0400. The Kier molecular flexibility index (Phi) is 4.64. The Bertz CT molecular complexity index is 163. The van der Waals surface area contributed by atoms with Gasteiger partial charge in [-0.15, -0.1) is 0 Å². The summed E-state index contributed by atoms with van der Waals surface area (Å²) in [6.45, 7) is 20.8. The quantitative estimate of drug-likeness (QED) is 0.666. The van der Waals surface area contributed by atoms with E-state index in [-0.39, 0.29) is 0 Å². The van der Waals surface area contributed by atoms with Crippen molar-refractivity contribution >= 4 is 0 Å². The van der Waals surface area contributed by atoms with Crippen LogP contribution in [0.2, 0.25) is 0 Å². The van der Waals surface area contributed by atoms with E-state index < -0.39 is 0 Å². The van der Waals surface area contributed by atoms with Crippen LogP contribution in [0.15, 0.2) is 0 Å². The second-order valence-electron chi connectivity index (χ2n) is 6.38. The minimum absolute atomic E-state index is 0.308. The maximum atomic E-state index is 2.59. The van der Waals surface area contributed by atoms with E-state index in [0.717, 1.165) is 6.54 Å². The SMILES string of the molecule is CCN(CC(C)(C)C)C(C)(C)C(C)C. The van der Waals surface area contributed by atoms with Crippen LogP contribution in [0.5, 0.6) is 0 Å². The third-order valence-electron chi connectivity index (χ3n) is 3.27. The van der Waals surface area contributed by atoms with Crippen LogP contribution >= 0.6 is 0 Å². The van der Waals surface area contributed by atoms with E-state index in [1.807, 2.05) is 0 Å². The van der Waals surface area contributed by atoms with Gasteiger partial charge in [-0.05, 0) is 31.7 Å². The van der Waals surface area contributed by atoms with Crippen molar-refractivity contribution in [2.45, 2.75) is 60.9 Å². The van der Waals surface area contributed by atoms with Gasteiger partial charge >= 0.3 is 0 Å². The van der Waals surface area contributed by atoms with Gasteiger partial charge in [-0.25, -0.2) is 0 Å². The van der Waals surface area contributed by atoms with E-state index in [9.17, 15) is 0 Å². The third kappa shape index (κ3) is 4.00. The average Bonchev–Trinajstić information content (AvgIpc) is 1.97. The van der Waals surface area contributed by atoms with E-state index in [1.54, 1.807) is 0 Å². The van der Waals surface area contributed by atoms with Crippen LogP contribution in [-0.2, 0) is 0 Å². The fourth-order valence-corrected chi connectivity index (χ4v) is 1.66. The molecule has 0 radical (unpaired) electrons. The first-order chi connectivity index (χ1) is 6.11. The van der Waals surface area contributed by atoms with Gasteiger partial charge in [0.05, 0.1) is 0 Å². The molecule has 1 heteroatoms. The van der Waals surface area contributed by atoms with Crippen molar-refractivity contribution in [2.75, 3.05) is 13.1 Å². The Morgan fingerprint density at radius 2 is 1.43 bits per heavy atom.